The predicted octanol–water partition coefficient (Wildman–Crippen LogP) is 5.13. The fourth-order valence-electron chi connectivity index (χ4n) is 2.22. The second-order valence-corrected chi connectivity index (χ2v) is 7.86. The van der Waals surface area contributed by atoms with Crippen LogP contribution >= 0.6 is 23.1 Å². The molecule has 1 heterocycles. The van der Waals surface area contributed by atoms with Gasteiger partial charge in [-0.25, -0.2) is 0 Å². The summed E-state index contributed by atoms with van der Waals surface area (Å²) in [6, 6.07) is 0.380. The lowest BCUT2D eigenvalue weighted by Crippen LogP contribution is -2.17. The fourth-order valence-corrected chi connectivity index (χ4v) is 4.45. The molecule has 0 radical (unpaired) electrons. The summed E-state index contributed by atoms with van der Waals surface area (Å²) in [5.41, 5.74) is 6.83. The van der Waals surface area contributed by atoms with Gasteiger partial charge in [-0.15, -0.1) is 23.1 Å². The van der Waals surface area contributed by atoms with Crippen molar-refractivity contribution in [3.05, 3.63) is 4.88 Å². The van der Waals surface area contributed by atoms with Crippen molar-refractivity contribution in [2.45, 2.75) is 58.4 Å². The number of thioether (sulfide) groups is 1. The Balaban J connectivity index is 2.97. The Labute approximate surface area is 137 Å². The maximum absolute atomic E-state index is 12.3. The Kier molecular flexibility index (Phi) is 7.07. The second kappa shape index (κ2) is 8.08. The number of rotatable bonds is 8. The van der Waals surface area contributed by atoms with E-state index in [-0.39, 0.29) is 11.7 Å². The van der Waals surface area contributed by atoms with Crippen LogP contribution in [0.5, 0.6) is 0 Å². The van der Waals surface area contributed by atoms with Crippen molar-refractivity contribution in [2.24, 2.45) is 11.8 Å². The van der Waals surface area contributed by atoms with Crippen molar-refractivity contribution in [1.82, 2.24) is 0 Å². The molecule has 0 saturated heterocycles. The third-order valence-corrected chi connectivity index (χ3v) is 5.80. The number of nitrogens with one attached hydrogen (secondary N) is 1. The summed E-state index contributed by atoms with van der Waals surface area (Å²) in [4.78, 5) is 14.0. The van der Waals surface area contributed by atoms with E-state index >= 15 is 0 Å². The molecule has 1 aromatic heterocycles. The van der Waals surface area contributed by atoms with Crippen LogP contribution in [0.25, 0.3) is 0 Å². The first-order chi connectivity index (χ1) is 9.81. The average molecular weight is 329 g/mol. The summed E-state index contributed by atoms with van der Waals surface area (Å²) in [7, 11) is 0. The second-order valence-electron chi connectivity index (χ2n) is 6.02. The van der Waals surface area contributed by atoms with Crippen LogP contribution < -0.4 is 11.1 Å². The first-order valence-electron chi connectivity index (χ1n) is 7.58. The lowest BCUT2D eigenvalue weighted by atomic mass is 10.0. The summed E-state index contributed by atoms with van der Waals surface area (Å²) >= 11 is 3.11. The summed E-state index contributed by atoms with van der Waals surface area (Å²) in [6.45, 7) is 10.5. The molecular weight excluding hydrogens is 300 g/mol. The van der Waals surface area contributed by atoms with Crippen LogP contribution in [-0.4, -0.2) is 18.1 Å². The number of hydrogen-bond acceptors (Lipinski definition) is 5. The van der Waals surface area contributed by atoms with Gasteiger partial charge in [0.1, 0.15) is 5.00 Å². The summed E-state index contributed by atoms with van der Waals surface area (Å²) in [6.07, 6.45) is 4.31. The number of anilines is 2. The lowest BCUT2D eigenvalue weighted by molar-refractivity contribution is 0.0944. The number of hydrogen-bond donors (Lipinski definition) is 2. The van der Waals surface area contributed by atoms with E-state index in [0.717, 1.165) is 16.3 Å². The Morgan fingerprint density at radius 2 is 1.95 bits per heavy atom. The smallest absolute Gasteiger partial charge is 0.177 e. The molecule has 0 spiro atoms. The highest BCUT2D eigenvalue weighted by Crippen LogP contribution is 2.43. The molecule has 0 aliphatic carbocycles. The van der Waals surface area contributed by atoms with E-state index < -0.39 is 0 Å². The molecule has 5 heteroatoms. The van der Waals surface area contributed by atoms with Crippen LogP contribution in [0, 0.1) is 11.8 Å². The molecule has 21 heavy (non-hydrogen) atoms. The molecule has 0 aliphatic rings. The first kappa shape index (κ1) is 18.4. The maximum Gasteiger partial charge on any atom is 0.177 e. The van der Waals surface area contributed by atoms with Gasteiger partial charge in [0.05, 0.1) is 15.5 Å². The molecule has 0 fully saturated rings. The van der Waals surface area contributed by atoms with Crippen molar-refractivity contribution in [2.75, 3.05) is 17.3 Å². The molecule has 1 aromatic rings. The molecule has 0 amide bonds. The normalized spacial score (nSPS) is 14.2. The van der Waals surface area contributed by atoms with Gasteiger partial charge >= 0.3 is 0 Å². The Morgan fingerprint density at radius 1 is 1.33 bits per heavy atom. The molecule has 120 valence electrons. The van der Waals surface area contributed by atoms with Gasteiger partial charge in [0.15, 0.2) is 5.78 Å². The SMILES string of the molecule is CCC(C)CC(C)Nc1sc(C(=O)C(C)C)c(N)c1SC. The van der Waals surface area contributed by atoms with Gasteiger partial charge in [-0.05, 0) is 25.5 Å². The van der Waals surface area contributed by atoms with E-state index in [1.54, 1.807) is 11.8 Å². The lowest BCUT2D eigenvalue weighted by Gasteiger charge is -2.18. The number of ketones is 1. The quantitative estimate of drug-likeness (QED) is 0.513. The third kappa shape index (κ3) is 4.65. The van der Waals surface area contributed by atoms with Crippen LogP contribution in [0.15, 0.2) is 4.90 Å². The Bertz CT molecular complexity index is 483. The monoisotopic (exact) mass is 328 g/mol. The highest BCUT2D eigenvalue weighted by atomic mass is 32.2. The first-order valence-corrected chi connectivity index (χ1v) is 9.62. The van der Waals surface area contributed by atoms with Crippen LogP contribution in [0.1, 0.15) is 57.1 Å². The standard InChI is InChI=1S/C16H28N2OS2/c1-7-10(4)8-11(5)18-16-15(20-6)12(17)14(21-16)13(19)9(2)3/h9-11,18H,7-8,17H2,1-6H3. The topological polar surface area (TPSA) is 55.1 Å². The minimum absolute atomic E-state index is 0.0222. The summed E-state index contributed by atoms with van der Waals surface area (Å²) in [5, 5.41) is 4.59. The molecule has 2 unspecified atom stereocenters. The van der Waals surface area contributed by atoms with E-state index in [9.17, 15) is 4.79 Å². The van der Waals surface area contributed by atoms with Gasteiger partial charge in [-0.3, -0.25) is 4.79 Å². The Morgan fingerprint density at radius 3 is 2.43 bits per heavy atom. The zero-order valence-corrected chi connectivity index (χ0v) is 15.6. The van der Waals surface area contributed by atoms with Crippen LogP contribution in [0.4, 0.5) is 10.7 Å². The molecule has 3 nitrogen and oxygen atoms in total. The largest absolute Gasteiger partial charge is 0.396 e. The van der Waals surface area contributed by atoms with Crippen molar-refractivity contribution in [1.29, 1.82) is 0 Å². The van der Waals surface area contributed by atoms with Crippen molar-refractivity contribution < 1.29 is 4.79 Å². The van der Waals surface area contributed by atoms with E-state index in [1.807, 2.05) is 20.1 Å². The van der Waals surface area contributed by atoms with Crippen LogP contribution in [-0.2, 0) is 0 Å². The minimum Gasteiger partial charge on any atom is -0.396 e. The van der Waals surface area contributed by atoms with Gasteiger partial charge in [0, 0.05) is 12.0 Å². The average Bonchev–Trinajstić information content (AvgIpc) is 2.73. The predicted molar refractivity (Wildman–Crippen MR) is 96.8 cm³/mol. The van der Waals surface area contributed by atoms with E-state index in [0.29, 0.717) is 22.5 Å². The number of nitrogens with two attached hydrogens (primary N) is 1. The van der Waals surface area contributed by atoms with Gasteiger partial charge in [0.25, 0.3) is 0 Å². The van der Waals surface area contributed by atoms with Crippen LogP contribution in [0.3, 0.4) is 0 Å². The van der Waals surface area contributed by atoms with E-state index in [1.165, 1.54) is 17.8 Å². The molecule has 0 aliphatic heterocycles. The highest BCUT2D eigenvalue weighted by molar-refractivity contribution is 7.99. The summed E-state index contributed by atoms with van der Waals surface area (Å²) < 4.78 is 0. The number of carbonyl (C=O) groups excluding carboxylic acids is 1. The van der Waals surface area contributed by atoms with Crippen molar-refractivity contribution >= 4 is 39.6 Å². The van der Waals surface area contributed by atoms with Gasteiger partial charge in [-0.2, -0.15) is 0 Å². The van der Waals surface area contributed by atoms with Gasteiger partial charge in [0.2, 0.25) is 0 Å². The minimum atomic E-state index is -0.0222. The number of carbonyl (C=O) groups is 1. The molecular formula is C16H28N2OS2. The molecule has 0 aromatic carbocycles. The van der Waals surface area contributed by atoms with E-state index in [2.05, 4.69) is 26.1 Å². The third-order valence-electron chi connectivity index (χ3n) is 3.68. The number of Topliss-reactive ketones (excluding diaryl/α,β-unsaturated/α-hetero) is 1. The number of thiophene rings is 1. The van der Waals surface area contributed by atoms with Crippen molar-refractivity contribution in [3.8, 4) is 0 Å². The zero-order chi connectivity index (χ0) is 16.2. The molecule has 3 N–H and O–H groups in total. The maximum atomic E-state index is 12.3. The van der Waals surface area contributed by atoms with Gasteiger partial charge < -0.3 is 11.1 Å². The fraction of sp³-hybridized carbons (Fsp3) is 0.688. The molecule has 0 saturated carbocycles. The molecule has 0 bridgehead atoms. The summed E-state index contributed by atoms with van der Waals surface area (Å²) in [5.74, 6) is 0.806. The van der Waals surface area contributed by atoms with Crippen molar-refractivity contribution in [3.63, 3.8) is 0 Å². The highest BCUT2D eigenvalue weighted by Gasteiger charge is 2.23. The Hall–Kier alpha value is -0.680. The van der Waals surface area contributed by atoms with Crippen LogP contribution in [0.2, 0.25) is 0 Å². The number of nitrogen functional groups attached to an aromatic ring is 1. The zero-order valence-electron chi connectivity index (χ0n) is 13.9. The van der Waals surface area contributed by atoms with Gasteiger partial charge in [-0.1, -0.05) is 34.1 Å². The molecule has 1 rings (SSSR count). The molecule has 2 atom stereocenters. The van der Waals surface area contributed by atoms with E-state index in [4.69, 9.17) is 5.73 Å².